The van der Waals surface area contributed by atoms with Gasteiger partial charge in [0.1, 0.15) is 12.7 Å². The largest absolute Gasteiger partial charge is 0.509 e. The van der Waals surface area contributed by atoms with Gasteiger partial charge < -0.3 is 23.7 Å². The first-order chi connectivity index (χ1) is 8.83. The zero-order chi connectivity index (χ0) is 14.2. The Balaban J connectivity index is 2.25. The van der Waals surface area contributed by atoms with Crippen molar-refractivity contribution in [3.05, 3.63) is 0 Å². The maximum atomic E-state index is 11.2. The lowest BCUT2D eigenvalue weighted by molar-refractivity contribution is -0.195. The van der Waals surface area contributed by atoms with Gasteiger partial charge in [0.05, 0.1) is 0 Å². The van der Waals surface area contributed by atoms with E-state index in [2.05, 4.69) is 0 Å². The lowest BCUT2D eigenvalue weighted by Gasteiger charge is -2.35. The van der Waals surface area contributed by atoms with Gasteiger partial charge in [-0.15, -0.1) is 0 Å². The van der Waals surface area contributed by atoms with Gasteiger partial charge in [0.25, 0.3) is 0 Å². The molecule has 2 rings (SSSR count). The summed E-state index contributed by atoms with van der Waals surface area (Å²) >= 11 is 0. The lowest BCUT2D eigenvalue weighted by Crippen LogP contribution is -2.55. The Morgan fingerprint density at radius 3 is 2.47 bits per heavy atom. The highest BCUT2D eigenvalue weighted by Gasteiger charge is 2.62. The molecule has 2 fully saturated rings. The molecule has 0 aliphatic carbocycles. The minimum absolute atomic E-state index is 0.0646. The number of fused-ring (bicyclic) bond motifs is 1. The molecule has 0 unspecified atom stereocenters. The monoisotopic (exact) mass is 274 g/mol. The average molecular weight is 274 g/mol. The van der Waals surface area contributed by atoms with Gasteiger partial charge in [-0.2, -0.15) is 0 Å². The van der Waals surface area contributed by atoms with Crippen molar-refractivity contribution in [2.45, 2.75) is 44.9 Å². The van der Waals surface area contributed by atoms with E-state index in [-0.39, 0.29) is 6.61 Å². The molecule has 2 aliphatic heterocycles. The molecule has 8 nitrogen and oxygen atoms in total. The molecular formula is C11H14O8. The fourth-order valence-corrected chi connectivity index (χ4v) is 2.11. The normalized spacial score (nSPS) is 36.8. The van der Waals surface area contributed by atoms with Gasteiger partial charge >= 0.3 is 18.1 Å². The summed E-state index contributed by atoms with van der Waals surface area (Å²) in [5.74, 6) is -1.20. The number of hydrogen-bond acceptors (Lipinski definition) is 8. The van der Waals surface area contributed by atoms with Crippen molar-refractivity contribution in [3.8, 4) is 0 Å². The molecule has 2 saturated heterocycles. The smallest absolute Gasteiger partial charge is 0.451 e. The first-order valence-corrected chi connectivity index (χ1v) is 5.68. The van der Waals surface area contributed by atoms with E-state index >= 15 is 0 Å². The van der Waals surface area contributed by atoms with E-state index in [0.29, 0.717) is 0 Å². The summed E-state index contributed by atoms with van der Waals surface area (Å²) in [4.78, 5) is 33.4. The number of ether oxygens (including phenoxy) is 5. The second-order valence-electron chi connectivity index (χ2n) is 4.48. The van der Waals surface area contributed by atoms with E-state index in [1.165, 1.54) is 20.8 Å². The summed E-state index contributed by atoms with van der Waals surface area (Å²) < 4.78 is 25.2. The van der Waals surface area contributed by atoms with Crippen molar-refractivity contribution in [3.63, 3.8) is 0 Å². The van der Waals surface area contributed by atoms with Crippen LogP contribution in [0.15, 0.2) is 0 Å². The molecular weight excluding hydrogens is 260 g/mol. The molecule has 0 aromatic carbocycles. The third-order valence-corrected chi connectivity index (χ3v) is 2.98. The molecule has 8 heteroatoms. The van der Waals surface area contributed by atoms with Crippen molar-refractivity contribution in [1.82, 2.24) is 0 Å². The zero-order valence-corrected chi connectivity index (χ0v) is 10.7. The quantitative estimate of drug-likeness (QED) is 0.517. The summed E-state index contributed by atoms with van der Waals surface area (Å²) in [7, 11) is 0. The summed E-state index contributed by atoms with van der Waals surface area (Å²) in [5.41, 5.74) is -1.25. The van der Waals surface area contributed by atoms with Gasteiger partial charge in [-0.25, -0.2) is 4.79 Å². The lowest BCUT2D eigenvalue weighted by atomic mass is 9.94. The topological polar surface area (TPSA) is 97.4 Å². The van der Waals surface area contributed by atoms with Gasteiger partial charge in [-0.1, -0.05) is 0 Å². The van der Waals surface area contributed by atoms with Gasteiger partial charge in [0.15, 0.2) is 5.60 Å². The maximum Gasteiger partial charge on any atom is 0.509 e. The van der Waals surface area contributed by atoms with E-state index in [9.17, 15) is 14.4 Å². The highest BCUT2D eigenvalue weighted by molar-refractivity contribution is 5.68. The third-order valence-electron chi connectivity index (χ3n) is 2.98. The molecule has 0 saturated carbocycles. The standard InChI is InChI=1S/C11H14O8/c1-5(12)16-8-9(17-6(2)13)18-7-4-15-10(14)19-11(7,8)3/h7-9H,4H2,1-3H3/t7-,8+,9-,11+/m1/s1. The van der Waals surface area contributed by atoms with Crippen LogP contribution >= 0.6 is 0 Å². The van der Waals surface area contributed by atoms with E-state index in [1.54, 1.807) is 0 Å². The third kappa shape index (κ3) is 2.48. The van der Waals surface area contributed by atoms with E-state index < -0.39 is 42.2 Å². The fraction of sp³-hybridized carbons (Fsp3) is 0.727. The van der Waals surface area contributed by atoms with Crippen molar-refractivity contribution >= 4 is 18.1 Å². The van der Waals surface area contributed by atoms with Crippen molar-refractivity contribution in [2.75, 3.05) is 6.61 Å². The van der Waals surface area contributed by atoms with E-state index in [1.807, 2.05) is 0 Å². The second-order valence-corrected chi connectivity index (χ2v) is 4.48. The predicted molar refractivity (Wildman–Crippen MR) is 56.8 cm³/mol. The van der Waals surface area contributed by atoms with Crippen LogP contribution in [-0.2, 0) is 33.3 Å². The molecule has 2 aliphatic rings. The summed E-state index contributed by atoms with van der Waals surface area (Å²) in [5, 5.41) is 0. The first kappa shape index (κ1) is 13.6. The fourth-order valence-electron chi connectivity index (χ4n) is 2.11. The van der Waals surface area contributed by atoms with Crippen LogP contribution in [-0.4, -0.2) is 48.8 Å². The molecule has 4 atom stereocenters. The first-order valence-electron chi connectivity index (χ1n) is 5.68. The van der Waals surface area contributed by atoms with Crippen LogP contribution in [0.3, 0.4) is 0 Å². The minimum Gasteiger partial charge on any atom is -0.451 e. The highest BCUT2D eigenvalue weighted by Crippen LogP contribution is 2.39. The van der Waals surface area contributed by atoms with Crippen LogP contribution in [0, 0.1) is 0 Å². The van der Waals surface area contributed by atoms with Crippen LogP contribution in [0.4, 0.5) is 4.79 Å². The van der Waals surface area contributed by atoms with Crippen LogP contribution < -0.4 is 0 Å². The molecule has 0 spiro atoms. The summed E-state index contributed by atoms with van der Waals surface area (Å²) in [6.45, 7) is 3.86. The van der Waals surface area contributed by atoms with Gasteiger partial charge in [-0.05, 0) is 6.92 Å². The summed E-state index contributed by atoms with van der Waals surface area (Å²) in [6.07, 6.45) is -3.74. The van der Waals surface area contributed by atoms with Crippen LogP contribution in [0.1, 0.15) is 20.8 Å². The SMILES string of the molecule is CC(=O)O[C@@H]1O[C@@H]2COC(=O)O[C@]2(C)[C@H]1OC(C)=O. The average Bonchev–Trinajstić information content (AvgIpc) is 2.51. The molecule has 0 N–H and O–H groups in total. The minimum atomic E-state index is -1.25. The van der Waals surface area contributed by atoms with Crippen molar-refractivity contribution < 1.29 is 38.1 Å². The van der Waals surface area contributed by atoms with Gasteiger partial charge in [0, 0.05) is 13.8 Å². The van der Waals surface area contributed by atoms with Gasteiger partial charge in [0.2, 0.25) is 12.4 Å². The Kier molecular flexibility index (Phi) is 3.36. The molecule has 106 valence electrons. The number of esters is 2. The molecule has 2 heterocycles. The summed E-state index contributed by atoms with van der Waals surface area (Å²) in [6, 6.07) is 0. The number of hydrogen-bond donors (Lipinski definition) is 0. The Labute approximate surface area is 108 Å². The maximum absolute atomic E-state index is 11.2. The molecule has 0 bridgehead atoms. The second kappa shape index (κ2) is 4.69. The molecule has 0 aromatic heterocycles. The van der Waals surface area contributed by atoms with E-state index in [4.69, 9.17) is 23.7 Å². The van der Waals surface area contributed by atoms with Gasteiger partial charge in [-0.3, -0.25) is 9.59 Å². The van der Waals surface area contributed by atoms with Crippen molar-refractivity contribution in [2.24, 2.45) is 0 Å². The molecule has 19 heavy (non-hydrogen) atoms. The van der Waals surface area contributed by atoms with Crippen molar-refractivity contribution in [1.29, 1.82) is 0 Å². The zero-order valence-electron chi connectivity index (χ0n) is 10.7. The molecule has 0 amide bonds. The highest BCUT2D eigenvalue weighted by atomic mass is 16.8. The number of carbonyl (C=O) groups excluding carboxylic acids is 3. The van der Waals surface area contributed by atoms with Crippen LogP contribution in [0.25, 0.3) is 0 Å². The Bertz CT molecular complexity index is 419. The van der Waals surface area contributed by atoms with Crippen LogP contribution in [0.5, 0.6) is 0 Å². The van der Waals surface area contributed by atoms with Crippen LogP contribution in [0.2, 0.25) is 0 Å². The molecule has 0 radical (unpaired) electrons. The molecule has 0 aromatic rings. The van der Waals surface area contributed by atoms with E-state index in [0.717, 1.165) is 0 Å². The number of carbonyl (C=O) groups is 3. The number of rotatable bonds is 2. The Hall–Kier alpha value is -1.83. The Morgan fingerprint density at radius 1 is 1.26 bits per heavy atom. The number of cyclic esters (lactones) is 1. The Morgan fingerprint density at radius 2 is 1.89 bits per heavy atom. The predicted octanol–water partition coefficient (Wildman–Crippen LogP) is 0.132.